The first-order valence-electron chi connectivity index (χ1n) is 8.05. The van der Waals surface area contributed by atoms with Gasteiger partial charge in [-0.2, -0.15) is 11.8 Å². The van der Waals surface area contributed by atoms with Gasteiger partial charge in [0.2, 0.25) is 0 Å². The van der Waals surface area contributed by atoms with Crippen molar-refractivity contribution in [2.45, 2.75) is 18.6 Å². The van der Waals surface area contributed by atoms with Gasteiger partial charge in [0.05, 0.1) is 11.1 Å². The van der Waals surface area contributed by atoms with E-state index in [1.54, 1.807) is 30.3 Å². The number of nitrogens with zero attached hydrogens (tertiary/aromatic N) is 1. The number of carbonyl (C=O) groups excluding carboxylic acids is 2. The summed E-state index contributed by atoms with van der Waals surface area (Å²) in [6.45, 7) is 0.376. The molecule has 0 atom stereocenters. The molecule has 0 aromatic heterocycles. The van der Waals surface area contributed by atoms with Crippen molar-refractivity contribution in [1.82, 2.24) is 4.90 Å². The number of thioether (sulfide) groups is 1. The summed E-state index contributed by atoms with van der Waals surface area (Å²) in [4.78, 5) is 25.7. The van der Waals surface area contributed by atoms with Crippen LogP contribution in [0.25, 0.3) is 0 Å². The Labute approximate surface area is 149 Å². The maximum Gasteiger partial charge on any atom is 0.261 e. The van der Waals surface area contributed by atoms with E-state index in [9.17, 15) is 18.4 Å². The van der Waals surface area contributed by atoms with Crippen LogP contribution in [0.2, 0.25) is 0 Å². The largest absolute Gasteiger partial charge is 0.274 e. The van der Waals surface area contributed by atoms with Crippen molar-refractivity contribution >= 4 is 23.6 Å². The fourth-order valence-corrected chi connectivity index (χ4v) is 3.75. The quantitative estimate of drug-likeness (QED) is 0.546. The molecule has 0 bridgehead atoms. The number of hydrogen-bond acceptors (Lipinski definition) is 3. The van der Waals surface area contributed by atoms with Crippen molar-refractivity contribution in [3.8, 4) is 0 Å². The van der Waals surface area contributed by atoms with E-state index in [2.05, 4.69) is 0 Å². The topological polar surface area (TPSA) is 37.4 Å². The van der Waals surface area contributed by atoms with Crippen LogP contribution in [0.1, 0.15) is 39.1 Å². The average molecular weight is 361 g/mol. The van der Waals surface area contributed by atoms with Gasteiger partial charge in [0, 0.05) is 17.9 Å². The Balaban J connectivity index is 1.42. The third kappa shape index (κ3) is 3.74. The molecule has 3 rings (SSSR count). The normalized spacial score (nSPS) is 13.4. The Kier molecular flexibility index (Phi) is 5.48. The second kappa shape index (κ2) is 7.78. The lowest BCUT2D eigenvalue weighted by Gasteiger charge is -2.13. The SMILES string of the molecule is O=C1c2ccccc2C(=O)N1CCCCSCc1cccc(F)c1F. The van der Waals surface area contributed by atoms with E-state index >= 15 is 0 Å². The Bertz CT molecular complexity index is 775. The number of fused-ring (bicyclic) bond motifs is 1. The number of amides is 2. The molecule has 0 spiro atoms. The van der Waals surface area contributed by atoms with Gasteiger partial charge in [0.15, 0.2) is 11.6 Å². The molecule has 25 heavy (non-hydrogen) atoms. The Hall–Kier alpha value is -2.21. The predicted molar refractivity (Wildman–Crippen MR) is 93.6 cm³/mol. The van der Waals surface area contributed by atoms with Gasteiger partial charge in [-0.3, -0.25) is 14.5 Å². The molecular weight excluding hydrogens is 344 g/mol. The highest BCUT2D eigenvalue weighted by molar-refractivity contribution is 7.98. The number of halogens is 2. The van der Waals surface area contributed by atoms with E-state index in [0.29, 0.717) is 35.4 Å². The minimum Gasteiger partial charge on any atom is -0.274 e. The molecule has 6 heteroatoms. The lowest BCUT2D eigenvalue weighted by Crippen LogP contribution is -2.30. The average Bonchev–Trinajstić information content (AvgIpc) is 2.86. The predicted octanol–water partition coefficient (Wildman–Crippen LogP) is 4.27. The third-order valence-corrected chi connectivity index (χ3v) is 5.18. The van der Waals surface area contributed by atoms with Crippen LogP contribution in [0.5, 0.6) is 0 Å². The van der Waals surface area contributed by atoms with E-state index in [-0.39, 0.29) is 11.8 Å². The van der Waals surface area contributed by atoms with Crippen LogP contribution >= 0.6 is 11.8 Å². The summed E-state index contributed by atoms with van der Waals surface area (Å²) in [5.74, 6) is -0.953. The molecule has 0 saturated heterocycles. The fourth-order valence-electron chi connectivity index (χ4n) is 2.76. The van der Waals surface area contributed by atoms with Crippen LogP contribution in [0.3, 0.4) is 0 Å². The van der Waals surface area contributed by atoms with Crippen LogP contribution in [-0.4, -0.2) is 29.0 Å². The molecule has 0 fully saturated rings. The standard InChI is InChI=1S/C19H17F2NO2S/c20-16-9-5-6-13(17(16)21)12-25-11-4-3-10-22-18(23)14-7-1-2-8-15(14)19(22)24/h1-2,5-9H,3-4,10-12H2. The lowest BCUT2D eigenvalue weighted by molar-refractivity contribution is 0.0652. The van der Waals surface area contributed by atoms with Gasteiger partial charge in [-0.15, -0.1) is 0 Å². The lowest BCUT2D eigenvalue weighted by atomic mass is 10.1. The number of unbranched alkanes of at least 4 members (excludes halogenated alkanes) is 1. The number of carbonyl (C=O) groups is 2. The summed E-state index contributed by atoms with van der Waals surface area (Å²) < 4.78 is 26.6. The van der Waals surface area contributed by atoms with Crippen molar-refractivity contribution in [2.24, 2.45) is 0 Å². The molecule has 0 unspecified atom stereocenters. The molecule has 130 valence electrons. The van der Waals surface area contributed by atoms with E-state index in [4.69, 9.17) is 0 Å². The monoisotopic (exact) mass is 361 g/mol. The highest BCUT2D eigenvalue weighted by Crippen LogP contribution is 2.23. The zero-order valence-corrected chi connectivity index (χ0v) is 14.3. The Morgan fingerprint density at radius 2 is 1.56 bits per heavy atom. The van der Waals surface area contributed by atoms with Gasteiger partial charge in [-0.05, 0) is 36.8 Å². The molecular formula is C19H17F2NO2S. The fraction of sp³-hybridized carbons (Fsp3) is 0.263. The Morgan fingerprint density at radius 3 is 2.24 bits per heavy atom. The number of imide groups is 1. The van der Waals surface area contributed by atoms with Crippen LogP contribution < -0.4 is 0 Å². The van der Waals surface area contributed by atoms with Crippen LogP contribution in [0, 0.1) is 11.6 Å². The molecule has 3 nitrogen and oxygen atoms in total. The molecule has 0 radical (unpaired) electrons. The van der Waals surface area contributed by atoms with Gasteiger partial charge in [0.25, 0.3) is 11.8 Å². The van der Waals surface area contributed by atoms with Gasteiger partial charge in [-0.25, -0.2) is 8.78 Å². The van der Waals surface area contributed by atoms with Crippen molar-refractivity contribution < 1.29 is 18.4 Å². The summed E-state index contributed by atoms with van der Waals surface area (Å²) in [6, 6.07) is 11.0. The molecule has 0 N–H and O–H groups in total. The van der Waals surface area contributed by atoms with Crippen molar-refractivity contribution in [3.63, 3.8) is 0 Å². The molecule has 1 aliphatic heterocycles. The zero-order chi connectivity index (χ0) is 17.8. The summed E-state index contributed by atoms with van der Waals surface area (Å²) >= 11 is 1.51. The molecule has 0 aliphatic carbocycles. The molecule has 2 aromatic carbocycles. The first-order chi connectivity index (χ1) is 12.1. The molecule has 2 amide bonds. The highest BCUT2D eigenvalue weighted by atomic mass is 32.2. The molecule has 0 saturated carbocycles. The van der Waals surface area contributed by atoms with E-state index < -0.39 is 11.6 Å². The second-order valence-electron chi connectivity index (χ2n) is 5.78. The summed E-state index contributed by atoms with van der Waals surface area (Å²) in [5, 5.41) is 0. The molecule has 2 aromatic rings. The van der Waals surface area contributed by atoms with Crippen molar-refractivity contribution in [2.75, 3.05) is 12.3 Å². The van der Waals surface area contributed by atoms with Crippen LogP contribution in [0.4, 0.5) is 8.78 Å². The third-order valence-electron chi connectivity index (χ3n) is 4.09. The van der Waals surface area contributed by atoms with Gasteiger partial charge in [-0.1, -0.05) is 24.3 Å². The summed E-state index contributed by atoms with van der Waals surface area (Å²) in [7, 11) is 0. The van der Waals surface area contributed by atoms with E-state index in [1.165, 1.54) is 22.7 Å². The first-order valence-corrected chi connectivity index (χ1v) is 9.21. The van der Waals surface area contributed by atoms with Crippen LogP contribution in [-0.2, 0) is 5.75 Å². The minimum absolute atomic E-state index is 0.241. The van der Waals surface area contributed by atoms with Crippen molar-refractivity contribution in [3.05, 3.63) is 70.8 Å². The van der Waals surface area contributed by atoms with Gasteiger partial charge >= 0.3 is 0 Å². The number of rotatable bonds is 7. The smallest absolute Gasteiger partial charge is 0.261 e. The summed E-state index contributed by atoms with van der Waals surface area (Å²) in [6.07, 6.45) is 1.47. The molecule has 1 heterocycles. The maximum absolute atomic E-state index is 13.5. The highest BCUT2D eigenvalue weighted by Gasteiger charge is 2.34. The van der Waals surface area contributed by atoms with Crippen LogP contribution in [0.15, 0.2) is 42.5 Å². The second-order valence-corrected chi connectivity index (χ2v) is 6.89. The first kappa shape index (κ1) is 17.6. The number of benzene rings is 2. The summed E-state index contributed by atoms with van der Waals surface area (Å²) in [5.41, 5.74) is 1.28. The zero-order valence-electron chi connectivity index (χ0n) is 13.5. The molecule has 1 aliphatic rings. The van der Waals surface area contributed by atoms with E-state index in [0.717, 1.165) is 18.2 Å². The number of hydrogen-bond donors (Lipinski definition) is 0. The minimum atomic E-state index is -0.830. The van der Waals surface area contributed by atoms with Crippen molar-refractivity contribution in [1.29, 1.82) is 0 Å². The Morgan fingerprint density at radius 1 is 0.880 bits per heavy atom. The van der Waals surface area contributed by atoms with Gasteiger partial charge < -0.3 is 0 Å². The van der Waals surface area contributed by atoms with Gasteiger partial charge in [0.1, 0.15) is 0 Å². The maximum atomic E-state index is 13.5. The van der Waals surface area contributed by atoms with E-state index in [1.807, 2.05) is 0 Å².